The maximum Gasteiger partial charge on any atom is 0.0517 e. The average molecular weight is 171 g/mol. The van der Waals surface area contributed by atoms with E-state index >= 15 is 0 Å². The molecule has 12 heavy (non-hydrogen) atoms. The van der Waals surface area contributed by atoms with Crippen LogP contribution in [0.25, 0.3) is 0 Å². The molecule has 0 saturated heterocycles. The fourth-order valence-corrected chi connectivity index (χ4v) is 0.727. The van der Waals surface area contributed by atoms with Gasteiger partial charge in [0.15, 0.2) is 0 Å². The highest BCUT2D eigenvalue weighted by molar-refractivity contribution is 4.69. The Morgan fingerprint density at radius 2 is 1.58 bits per heavy atom. The van der Waals surface area contributed by atoms with Crippen LogP contribution in [0.4, 0.5) is 0 Å². The molecule has 0 heterocycles. The van der Waals surface area contributed by atoms with E-state index in [9.17, 15) is 0 Å². The molecular formula is C11H23O. The smallest absolute Gasteiger partial charge is 0.0517 e. The van der Waals surface area contributed by atoms with E-state index in [1.807, 2.05) is 0 Å². The standard InChI is InChI=1S/C11H23O/c1-10(2,3)7-8-12-9-11(4,5)6/h4,7-9H2,1-3,5-6H3. The first kappa shape index (κ1) is 12.0. The predicted octanol–water partition coefficient (Wildman–Crippen LogP) is 3.30. The monoisotopic (exact) mass is 171 g/mol. The van der Waals surface area contributed by atoms with Gasteiger partial charge in [-0.05, 0) is 24.2 Å². The summed E-state index contributed by atoms with van der Waals surface area (Å²) in [6.07, 6.45) is 1.11. The molecule has 0 aliphatic heterocycles. The number of hydrogen-bond acceptors (Lipinski definition) is 1. The molecule has 0 fully saturated rings. The van der Waals surface area contributed by atoms with Crippen LogP contribution in [0.2, 0.25) is 0 Å². The fourth-order valence-electron chi connectivity index (χ4n) is 0.727. The lowest BCUT2D eigenvalue weighted by atomic mass is 9.93. The lowest BCUT2D eigenvalue weighted by Gasteiger charge is -2.21. The van der Waals surface area contributed by atoms with Crippen molar-refractivity contribution in [2.45, 2.75) is 41.0 Å². The van der Waals surface area contributed by atoms with Crippen molar-refractivity contribution < 1.29 is 4.74 Å². The molecule has 0 N–H and O–H groups in total. The van der Waals surface area contributed by atoms with Crippen LogP contribution in [0.1, 0.15) is 41.0 Å². The summed E-state index contributed by atoms with van der Waals surface area (Å²) in [4.78, 5) is 0. The number of hydrogen-bond donors (Lipinski definition) is 0. The molecule has 0 unspecified atom stereocenters. The lowest BCUT2D eigenvalue weighted by molar-refractivity contribution is 0.0651. The quantitative estimate of drug-likeness (QED) is 0.590. The van der Waals surface area contributed by atoms with E-state index in [-0.39, 0.29) is 5.41 Å². The van der Waals surface area contributed by atoms with E-state index in [2.05, 4.69) is 41.5 Å². The van der Waals surface area contributed by atoms with Gasteiger partial charge in [-0.25, -0.2) is 0 Å². The van der Waals surface area contributed by atoms with Crippen LogP contribution in [-0.4, -0.2) is 13.2 Å². The summed E-state index contributed by atoms with van der Waals surface area (Å²) in [7, 11) is 0. The Morgan fingerprint density at radius 3 is 1.92 bits per heavy atom. The zero-order valence-electron chi connectivity index (χ0n) is 9.24. The van der Waals surface area contributed by atoms with Gasteiger partial charge in [-0.1, -0.05) is 34.6 Å². The summed E-state index contributed by atoms with van der Waals surface area (Å²) >= 11 is 0. The molecule has 0 spiro atoms. The summed E-state index contributed by atoms with van der Waals surface area (Å²) in [6, 6.07) is 0. The molecular weight excluding hydrogens is 148 g/mol. The molecule has 0 amide bonds. The largest absolute Gasteiger partial charge is 0.381 e. The van der Waals surface area contributed by atoms with Crippen molar-refractivity contribution >= 4 is 0 Å². The molecule has 0 aromatic heterocycles. The van der Waals surface area contributed by atoms with Gasteiger partial charge in [-0.3, -0.25) is 0 Å². The minimum atomic E-state index is 0.0535. The normalized spacial score (nSPS) is 13.5. The fraction of sp³-hybridized carbons (Fsp3) is 0.909. The lowest BCUT2D eigenvalue weighted by Crippen LogP contribution is -2.17. The highest BCUT2D eigenvalue weighted by Crippen LogP contribution is 2.19. The molecule has 0 rings (SSSR count). The Labute approximate surface area is 77.5 Å². The summed E-state index contributed by atoms with van der Waals surface area (Å²) in [5.41, 5.74) is 0.434. The summed E-state index contributed by atoms with van der Waals surface area (Å²) in [6.45, 7) is 16.4. The first-order valence-corrected chi connectivity index (χ1v) is 4.64. The molecule has 0 bridgehead atoms. The van der Waals surface area contributed by atoms with Crippen LogP contribution in [-0.2, 0) is 4.74 Å². The Bertz CT molecular complexity index is 97.9. The van der Waals surface area contributed by atoms with Crippen molar-refractivity contribution in [1.82, 2.24) is 0 Å². The first-order chi connectivity index (χ1) is 5.21. The minimum absolute atomic E-state index is 0.0535. The molecule has 0 aliphatic rings. The van der Waals surface area contributed by atoms with E-state index in [1.54, 1.807) is 0 Å². The zero-order chi connectivity index (χ0) is 9.83. The Morgan fingerprint density at radius 1 is 1.08 bits per heavy atom. The second-order valence-corrected chi connectivity index (χ2v) is 5.53. The third kappa shape index (κ3) is 9.96. The maximum atomic E-state index is 5.51. The van der Waals surface area contributed by atoms with Gasteiger partial charge in [0.25, 0.3) is 0 Å². The molecule has 0 saturated carbocycles. The van der Waals surface area contributed by atoms with Crippen molar-refractivity contribution in [3.05, 3.63) is 6.92 Å². The van der Waals surface area contributed by atoms with Gasteiger partial charge in [0.1, 0.15) is 0 Å². The Hall–Kier alpha value is -0.0400. The van der Waals surface area contributed by atoms with Gasteiger partial charge in [0, 0.05) is 6.61 Å². The predicted molar refractivity (Wildman–Crippen MR) is 54.0 cm³/mol. The minimum Gasteiger partial charge on any atom is -0.381 e. The van der Waals surface area contributed by atoms with Gasteiger partial charge in [0.05, 0.1) is 6.61 Å². The van der Waals surface area contributed by atoms with Crippen molar-refractivity contribution in [2.24, 2.45) is 10.8 Å². The number of ether oxygens (including phenoxy) is 1. The van der Waals surface area contributed by atoms with Crippen LogP contribution in [0.15, 0.2) is 0 Å². The molecule has 0 aliphatic carbocycles. The Balaban J connectivity index is 3.35. The van der Waals surface area contributed by atoms with Gasteiger partial charge < -0.3 is 4.74 Å². The SMILES string of the molecule is [CH2]C(C)(C)COCCC(C)(C)C. The molecule has 0 aromatic carbocycles. The average Bonchev–Trinajstić information content (AvgIpc) is 1.76. The molecule has 1 nitrogen and oxygen atoms in total. The first-order valence-electron chi connectivity index (χ1n) is 4.64. The van der Waals surface area contributed by atoms with Crippen molar-refractivity contribution in [3.8, 4) is 0 Å². The van der Waals surface area contributed by atoms with Gasteiger partial charge in [-0.15, -0.1) is 0 Å². The second-order valence-electron chi connectivity index (χ2n) is 5.53. The highest BCUT2D eigenvalue weighted by Gasteiger charge is 2.12. The van der Waals surface area contributed by atoms with E-state index < -0.39 is 0 Å². The van der Waals surface area contributed by atoms with Crippen molar-refractivity contribution in [2.75, 3.05) is 13.2 Å². The van der Waals surface area contributed by atoms with Crippen LogP contribution in [0.5, 0.6) is 0 Å². The molecule has 1 radical (unpaired) electrons. The molecule has 0 atom stereocenters. The maximum absolute atomic E-state index is 5.51. The Kier molecular flexibility index (Phi) is 4.25. The van der Waals surface area contributed by atoms with Crippen molar-refractivity contribution in [1.29, 1.82) is 0 Å². The molecule has 0 aromatic rings. The van der Waals surface area contributed by atoms with Crippen LogP contribution in [0, 0.1) is 17.8 Å². The van der Waals surface area contributed by atoms with Crippen LogP contribution in [0.3, 0.4) is 0 Å². The van der Waals surface area contributed by atoms with Crippen LogP contribution >= 0.6 is 0 Å². The summed E-state index contributed by atoms with van der Waals surface area (Å²) in [5.74, 6) is 0. The zero-order valence-corrected chi connectivity index (χ0v) is 9.24. The van der Waals surface area contributed by atoms with E-state index in [4.69, 9.17) is 4.74 Å². The second kappa shape index (κ2) is 4.27. The summed E-state index contributed by atoms with van der Waals surface area (Å²) in [5, 5.41) is 0. The molecule has 1 heteroatoms. The number of rotatable bonds is 4. The van der Waals surface area contributed by atoms with Crippen molar-refractivity contribution in [3.63, 3.8) is 0 Å². The molecule has 73 valence electrons. The van der Waals surface area contributed by atoms with Crippen LogP contribution < -0.4 is 0 Å². The van der Waals surface area contributed by atoms with Gasteiger partial charge in [0.2, 0.25) is 0 Å². The topological polar surface area (TPSA) is 9.23 Å². The van der Waals surface area contributed by atoms with E-state index in [1.165, 1.54) is 0 Å². The van der Waals surface area contributed by atoms with E-state index in [0.29, 0.717) is 5.41 Å². The highest BCUT2D eigenvalue weighted by atomic mass is 16.5. The third-order valence-electron chi connectivity index (χ3n) is 1.49. The van der Waals surface area contributed by atoms with Gasteiger partial charge in [-0.2, -0.15) is 0 Å². The van der Waals surface area contributed by atoms with E-state index in [0.717, 1.165) is 19.6 Å². The van der Waals surface area contributed by atoms with Gasteiger partial charge >= 0.3 is 0 Å². The third-order valence-corrected chi connectivity index (χ3v) is 1.49. The summed E-state index contributed by atoms with van der Waals surface area (Å²) < 4.78 is 5.51.